The van der Waals surface area contributed by atoms with Gasteiger partial charge in [0.05, 0.1) is 6.61 Å². The molecule has 1 aromatic carbocycles. The number of hydrogen-bond donors (Lipinski definition) is 0. The summed E-state index contributed by atoms with van der Waals surface area (Å²) < 4.78 is 5.88. The van der Waals surface area contributed by atoms with Crippen LogP contribution in [0.5, 0.6) is 0 Å². The summed E-state index contributed by atoms with van der Waals surface area (Å²) in [7, 11) is 0. The summed E-state index contributed by atoms with van der Waals surface area (Å²) in [4.78, 5) is 0. The molecule has 0 radical (unpaired) electrons. The minimum absolute atomic E-state index is 0.0194. The summed E-state index contributed by atoms with van der Waals surface area (Å²) in [6.07, 6.45) is 0.0194. The molecule has 0 aromatic heterocycles. The number of ether oxygens (including phenoxy) is 1. The molecule has 1 heterocycles. The van der Waals surface area contributed by atoms with Gasteiger partial charge in [0.2, 0.25) is 0 Å². The van der Waals surface area contributed by atoms with Crippen molar-refractivity contribution < 1.29 is 4.74 Å². The quantitative estimate of drug-likeness (QED) is 0.825. The third-order valence-corrected chi connectivity index (χ3v) is 3.36. The first-order chi connectivity index (χ1) is 8.26. The second-order valence-corrected chi connectivity index (χ2v) is 4.51. The van der Waals surface area contributed by atoms with E-state index in [0.717, 1.165) is 36.8 Å². The van der Waals surface area contributed by atoms with E-state index in [1.54, 1.807) is 0 Å². The van der Waals surface area contributed by atoms with E-state index in [2.05, 4.69) is 23.9 Å². The highest BCUT2D eigenvalue weighted by Gasteiger charge is 2.28. The van der Waals surface area contributed by atoms with Crippen LogP contribution in [-0.2, 0) is 4.74 Å². The van der Waals surface area contributed by atoms with Crippen LogP contribution in [0.4, 0.5) is 0 Å². The molecule has 1 atom stereocenters. The maximum atomic E-state index is 5.91. The van der Waals surface area contributed by atoms with Crippen LogP contribution in [0.2, 0.25) is 5.02 Å². The molecule has 1 saturated heterocycles. The van der Waals surface area contributed by atoms with Gasteiger partial charge in [-0.05, 0) is 17.7 Å². The molecule has 0 N–H and O–H groups in total. The minimum Gasteiger partial charge on any atom is -0.356 e. The molecule has 3 nitrogen and oxygen atoms in total. The third-order valence-electron chi connectivity index (χ3n) is 3.10. The molecule has 1 unspecified atom stereocenters. The molecule has 0 amide bonds. The summed E-state index contributed by atoms with van der Waals surface area (Å²) in [6, 6.07) is 7.90. The molecular weight excluding hydrogens is 236 g/mol. The summed E-state index contributed by atoms with van der Waals surface area (Å²) >= 11 is 5.91. The van der Waals surface area contributed by atoms with Crippen molar-refractivity contribution in [2.75, 3.05) is 26.2 Å². The molecule has 2 rings (SSSR count). The van der Waals surface area contributed by atoms with Crippen LogP contribution in [0.25, 0.3) is 0 Å². The van der Waals surface area contributed by atoms with E-state index < -0.39 is 0 Å². The molecule has 1 aromatic rings. The number of likely N-dealkylation sites (N-methyl/N-ethyl adjacent to an activating group) is 1. The number of rotatable bonds is 3. The standard InChI is InChI=1S/C13H19ClN2O/c1-3-15-9-10-17-13(16(15)4-2)11-5-7-12(14)8-6-11/h5-8,13H,3-4,9-10H2,1-2H3. The maximum absolute atomic E-state index is 5.91. The summed E-state index contributed by atoms with van der Waals surface area (Å²) in [5.41, 5.74) is 1.16. The highest BCUT2D eigenvalue weighted by atomic mass is 35.5. The van der Waals surface area contributed by atoms with Crippen molar-refractivity contribution in [2.45, 2.75) is 20.1 Å². The summed E-state index contributed by atoms with van der Waals surface area (Å²) in [5, 5.41) is 5.37. The Morgan fingerprint density at radius 3 is 2.53 bits per heavy atom. The van der Waals surface area contributed by atoms with Crippen molar-refractivity contribution in [3.8, 4) is 0 Å². The van der Waals surface area contributed by atoms with E-state index in [4.69, 9.17) is 16.3 Å². The molecule has 0 bridgehead atoms. The Kier molecular flexibility index (Phi) is 4.40. The third kappa shape index (κ3) is 2.80. The van der Waals surface area contributed by atoms with Crippen LogP contribution in [-0.4, -0.2) is 36.3 Å². The van der Waals surface area contributed by atoms with E-state index in [1.807, 2.05) is 24.3 Å². The van der Waals surface area contributed by atoms with Crippen LogP contribution in [0.3, 0.4) is 0 Å². The van der Waals surface area contributed by atoms with Gasteiger partial charge >= 0.3 is 0 Å². The molecular formula is C13H19ClN2O. The Hall–Kier alpha value is -0.610. The Morgan fingerprint density at radius 1 is 1.24 bits per heavy atom. The van der Waals surface area contributed by atoms with Crippen molar-refractivity contribution in [1.29, 1.82) is 0 Å². The Bertz CT molecular complexity index is 355. The first-order valence-corrected chi connectivity index (χ1v) is 6.52. The van der Waals surface area contributed by atoms with Gasteiger partial charge in [0, 0.05) is 24.7 Å². The Labute approximate surface area is 108 Å². The zero-order valence-corrected chi connectivity index (χ0v) is 11.2. The number of halogens is 1. The number of nitrogens with zero attached hydrogens (tertiary/aromatic N) is 2. The second-order valence-electron chi connectivity index (χ2n) is 4.08. The predicted molar refractivity (Wildman–Crippen MR) is 69.8 cm³/mol. The van der Waals surface area contributed by atoms with Crippen molar-refractivity contribution in [3.63, 3.8) is 0 Å². The molecule has 1 aliphatic heterocycles. The SMILES string of the molecule is CCN1CCOC(c2ccc(Cl)cc2)N1CC. The molecule has 94 valence electrons. The molecule has 4 heteroatoms. The molecule has 0 spiro atoms. The molecule has 1 aliphatic rings. The highest BCUT2D eigenvalue weighted by Crippen LogP contribution is 2.27. The van der Waals surface area contributed by atoms with Gasteiger partial charge in [-0.1, -0.05) is 37.6 Å². The highest BCUT2D eigenvalue weighted by molar-refractivity contribution is 6.30. The smallest absolute Gasteiger partial charge is 0.149 e. The Morgan fingerprint density at radius 2 is 1.94 bits per heavy atom. The van der Waals surface area contributed by atoms with Crippen molar-refractivity contribution in [1.82, 2.24) is 10.0 Å². The maximum Gasteiger partial charge on any atom is 0.149 e. The fourth-order valence-electron chi connectivity index (χ4n) is 2.23. The monoisotopic (exact) mass is 254 g/mol. The minimum atomic E-state index is 0.0194. The first-order valence-electron chi connectivity index (χ1n) is 6.14. The first kappa shape index (κ1) is 12.8. The molecule has 17 heavy (non-hydrogen) atoms. The molecule has 0 saturated carbocycles. The molecule has 1 fully saturated rings. The normalized spacial score (nSPS) is 22.9. The van der Waals surface area contributed by atoms with Gasteiger partial charge in [0.1, 0.15) is 6.23 Å². The van der Waals surface area contributed by atoms with Crippen LogP contribution >= 0.6 is 11.6 Å². The van der Waals surface area contributed by atoms with E-state index >= 15 is 0 Å². The van der Waals surface area contributed by atoms with Crippen LogP contribution in [0.15, 0.2) is 24.3 Å². The van der Waals surface area contributed by atoms with Crippen LogP contribution in [0, 0.1) is 0 Å². The van der Waals surface area contributed by atoms with Crippen LogP contribution in [0.1, 0.15) is 25.6 Å². The van der Waals surface area contributed by atoms with Gasteiger partial charge in [0.25, 0.3) is 0 Å². The van der Waals surface area contributed by atoms with Crippen molar-refractivity contribution >= 4 is 11.6 Å². The lowest BCUT2D eigenvalue weighted by atomic mass is 10.2. The average molecular weight is 255 g/mol. The number of hydrazine groups is 1. The Balaban J connectivity index is 2.20. The van der Waals surface area contributed by atoms with Gasteiger partial charge in [-0.2, -0.15) is 0 Å². The average Bonchev–Trinajstić information content (AvgIpc) is 2.38. The van der Waals surface area contributed by atoms with E-state index in [1.165, 1.54) is 0 Å². The predicted octanol–water partition coefficient (Wildman–Crippen LogP) is 2.93. The van der Waals surface area contributed by atoms with Crippen molar-refractivity contribution in [3.05, 3.63) is 34.9 Å². The lowest BCUT2D eigenvalue weighted by Gasteiger charge is -2.43. The topological polar surface area (TPSA) is 15.7 Å². The van der Waals surface area contributed by atoms with Gasteiger partial charge in [0.15, 0.2) is 0 Å². The fraction of sp³-hybridized carbons (Fsp3) is 0.538. The van der Waals surface area contributed by atoms with E-state index in [0.29, 0.717) is 0 Å². The van der Waals surface area contributed by atoms with Gasteiger partial charge in [-0.15, -0.1) is 0 Å². The second kappa shape index (κ2) is 5.83. The zero-order valence-electron chi connectivity index (χ0n) is 10.4. The van der Waals surface area contributed by atoms with E-state index in [-0.39, 0.29) is 6.23 Å². The lowest BCUT2D eigenvalue weighted by molar-refractivity contribution is -0.214. The van der Waals surface area contributed by atoms with Gasteiger partial charge < -0.3 is 4.74 Å². The van der Waals surface area contributed by atoms with E-state index in [9.17, 15) is 0 Å². The van der Waals surface area contributed by atoms with Crippen molar-refractivity contribution in [2.24, 2.45) is 0 Å². The summed E-state index contributed by atoms with van der Waals surface area (Å²) in [5.74, 6) is 0. The van der Waals surface area contributed by atoms with Gasteiger partial charge in [-0.3, -0.25) is 0 Å². The number of hydrogen-bond acceptors (Lipinski definition) is 3. The van der Waals surface area contributed by atoms with Crippen LogP contribution < -0.4 is 0 Å². The number of benzene rings is 1. The fourth-order valence-corrected chi connectivity index (χ4v) is 2.36. The largest absolute Gasteiger partial charge is 0.356 e. The summed E-state index contributed by atoms with van der Waals surface area (Å²) in [6.45, 7) is 8.03. The lowest BCUT2D eigenvalue weighted by Crippen LogP contribution is -2.51. The molecule has 0 aliphatic carbocycles. The van der Waals surface area contributed by atoms with Gasteiger partial charge in [-0.25, -0.2) is 10.0 Å². The zero-order chi connectivity index (χ0) is 12.3.